The molecule has 17 nitrogen and oxygen atoms in total. The summed E-state index contributed by atoms with van der Waals surface area (Å²) < 4.78 is 6.07. The number of nitrogens with zero attached hydrogens (tertiary/aromatic N) is 3. The molecule has 5 aromatic rings. The first-order valence-corrected chi connectivity index (χ1v) is 23.9. The summed E-state index contributed by atoms with van der Waals surface area (Å²) in [6, 6.07) is 21.0. The lowest BCUT2D eigenvalue weighted by Gasteiger charge is -2.31. The zero-order valence-electron chi connectivity index (χ0n) is 38.2. The van der Waals surface area contributed by atoms with Crippen LogP contribution in [0.2, 0.25) is 0 Å². The summed E-state index contributed by atoms with van der Waals surface area (Å²) in [4.78, 5) is 88.1. The molecule has 0 spiro atoms. The van der Waals surface area contributed by atoms with Gasteiger partial charge in [-0.25, -0.2) is 9.59 Å². The van der Waals surface area contributed by atoms with Crippen LogP contribution in [0.5, 0.6) is 5.75 Å². The minimum Gasteiger partial charge on any atom is -0.409 e. The van der Waals surface area contributed by atoms with Gasteiger partial charge in [-0.1, -0.05) is 61.0 Å². The zero-order chi connectivity index (χ0) is 47.8. The normalized spacial score (nSPS) is 15.8. The highest BCUT2D eigenvalue weighted by molar-refractivity contribution is 9.09. The number of aromatic nitrogens is 1. The minimum absolute atomic E-state index is 0.00806. The van der Waals surface area contributed by atoms with Gasteiger partial charge in [-0.15, -0.1) is 0 Å². The molecule has 354 valence electrons. The van der Waals surface area contributed by atoms with Crippen LogP contribution >= 0.6 is 15.9 Å². The number of primary amides is 1. The molecule has 18 heteroatoms. The van der Waals surface area contributed by atoms with Crippen molar-refractivity contribution in [3.05, 3.63) is 95.7 Å². The summed E-state index contributed by atoms with van der Waals surface area (Å²) in [5.74, 6) is -1.01. The number of nitrogens with two attached hydrogens (primary N) is 1. The Morgan fingerprint density at radius 2 is 1.58 bits per heavy atom. The number of piperazine rings is 1. The number of amides is 7. The van der Waals surface area contributed by atoms with Gasteiger partial charge in [0.25, 0.3) is 11.8 Å². The molecule has 0 aliphatic carbocycles. The van der Waals surface area contributed by atoms with Crippen LogP contribution in [-0.2, 0) is 9.59 Å². The molecule has 2 aliphatic rings. The van der Waals surface area contributed by atoms with Crippen molar-refractivity contribution >= 4 is 90.4 Å². The number of hydrogen-bond donors (Lipinski definition) is 7. The lowest BCUT2D eigenvalue weighted by molar-refractivity contribution is -0.128. The van der Waals surface area contributed by atoms with Gasteiger partial charge in [0.1, 0.15) is 17.5 Å². The van der Waals surface area contributed by atoms with E-state index in [0.29, 0.717) is 82.9 Å². The van der Waals surface area contributed by atoms with Crippen molar-refractivity contribution in [2.75, 3.05) is 73.7 Å². The number of carbonyl (C=O) groups excluding carboxylic acids is 6. The molecule has 1 fully saturated rings. The second-order valence-electron chi connectivity index (χ2n) is 17.5. The van der Waals surface area contributed by atoms with Crippen molar-refractivity contribution in [2.24, 2.45) is 11.7 Å². The van der Waals surface area contributed by atoms with Crippen LogP contribution in [0.4, 0.5) is 26.7 Å². The highest BCUT2D eigenvalue weighted by Crippen LogP contribution is 2.46. The Labute approximate surface area is 398 Å². The SMILES string of the molecule is CCCN[C@H](C(=O)N[C@@H](CCCNC(N)=O)C(=O)Nc1ccc(C(=O)Nc2ccc3[nH]c(C(=O)N4C[C@@H](CBr)c5c4cc(OC(=O)N4CCN(C)CC4)c4ccccc54)cc3c2)cc1)C(C)C. The summed E-state index contributed by atoms with van der Waals surface area (Å²) in [6.45, 7) is 9.82. The van der Waals surface area contributed by atoms with E-state index in [9.17, 15) is 28.8 Å². The molecule has 7 rings (SSSR count). The Morgan fingerprint density at radius 1 is 0.866 bits per heavy atom. The second kappa shape index (κ2) is 21.9. The van der Waals surface area contributed by atoms with E-state index in [1.165, 1.54) is 0 Å². The number of fused-ring (bicyclic) bond motifs is 4. The number of urea groups is 1. The molecule has 1 saturated heterocycles. The summed E-state index contributed by atoms with van der Waals surface area (Å²) >= 11 is 3.68. The number of anilines is 3. The maximum atomic E-state index is 14.4. The number of carbonyl (C=O) groups is 6. The minimum atomic E-state index is -0.900. The molecule has 3 atom stereocenters. The van der Waals surface area contributed by atoms with E-state index in [0.717, 1.165) is 35.8 Å². The Morgan fingerprint density at radius 3 is 2.27 bits per heavy atom. The molecule has 67 heavy (non-hydrogen) atoms. The fourth-order valence-corrected chi connectivity index (χ4v) is 9.08. The van der Waals surface area contributed by atoms with Gasteiger partial charge in [0.2, 0.25) is 11.8 Å². The molecule has 1 aromatic heterocycles. The van der Waals surface area contributed by atoms with Crippen LogP contribution in [0.3, 0.4) is 0 Å². The van der Waals surface area contributed by atoms with E-state index in [1.807, 2.05) is 58.2 Å². The number of ether oxygens (including phenoxy) is 1. The Kier molecular flexibility index (Phi) is 15.8. The third-order valence-corrected chi connectivity index (χ3v) is 13.0. The van der Waals surface area contributed by atoms with Crippen molar-refractivity contribution in [1.29, 1.82) is 0 Å². The highest BCUT2D eigenvalue weighted by Gasteiger charge is 2.36. The molecular formula is C49H59BrN10O7. The van der Waals surface area contributed by atoms with Crippen molar-refractivity contribution in [2.45, 2.75) is 58.0 Å². The summed E-state index contributed by atoms with van der Waals surface area (Å²) in [5, 5.41) is 17.4. The molecule has 0 radical (unpaired) electrons. The first kappa shape index (κ1) is 48.4. The number of hydrogen-bond acceptors (Lipinski definition) is 9. The smallest absolute Gasteiger partial charge is 0.409 e. The standard InChI is InChI=1S/C49H59BrN10O7/c1-5-18-52-43(29(2)3)46(63)57-38(11-8-19-53-48(51)65)45(62)54-33-14-12-30(13-15-33)44(61)55-34-16-17-37-31(24-34)25-39(56-37)47(64)60-28-32(27-50)42-36-10-7-6-9-35(36)41(26-40(42)60)67-49(66)59-22-20-58(4)21-23-59/h6-7,9-10,12-17,24-26,29,32,38,43,52,56H,5,8,11,18-23,27-28H2,1-4H3,(H,54,62)(H,55,61)(H,57,63)(H3,51,53,65)/t32-,38+,43+/m1/s1. The Hall–Kier alpha value is -6.50. The van der Waals surface area contributed by atoms with Crippen molar-refractivity contribution < 1.29 is 33.5 Å². The maximum absolute atomic E-state index is 14.4. The molecule has 7 amide bonds. The van der Waals surface area contributed by atoms with E-state index in [1.54, 1.807) is 58.3 Å². The molecule has 2 aliphatic heterocycles. The number of aromatic amines is 1. The first-order chi connectivity index (χ1) is 32.2. The number of H-pyrrole nitrogens is 1. The number of likely N-dealkylation sites (N-methyl/N-ethyl adjacent to an activating group) is 1. The third kappa shape index (κ3) is 11.6. The highest BCUT2D eigenvalue weighted by atomic mass is 79.9. The molecular weight excluding hydrogens is 921 g/mol. The Balaban J connectivity index is 1.02. The summed E-state index contributed by atoms with van der Waals surface area (Å²) in [7, 11) is 2.02. The number of benzene rings is 4. The predicted octanol–water partition coefficient (Wildman–Crippen LogP) is 6.35. The van der Waals surface area contributed by atoms with Gasteiger partial charge in [0, 0.05) is 89.8 Å². The first-order valence-electron chi connectivity index (χ1n) is 22.7. The van der Waals surface area contributed by atoms with Gasteiger partial charge < -0.3 is 56.7 Å². The van der Waals surface area contributed by atoms with Crippen LogP contribution in [0.25, 0.3) is 21.7 Å². The molecule has 3 heterocycles. The van der Waals surface area contributed by atoms with Gasteiger partial charge in [-0.2, -0.15) is 0 Å². The number of nitrogens with one attached hydrogen (secondary N) is 6. The predicted molar refractivity (Wildman–Crippen MR) is 264 cm³/mol. The van der Waals surface area contributed by atoms with Crippen molar-refractivity contribution in [1.82, 2.24) is 30.7 Å². The number of rotatable bonds is 17. The van der Waals surface area contributed by atoms with E-state index in [4.69, 9.17) is 10.5 Å². The lowest BCUT2D eigenvalue weighted by atomic mass is 9.95. The van der Waals surface area contributed by atoms with Gasteiger partial charge >= 0.3 is 12.1 Å². The van der Waals surface area contributed by atoms with Crippen LogP contribution in [0, 0.1) is 5.92 Å². The average Bonchev–Trinajstić information content (AvgIpc) is 3.92. The molecule has 0 unspecified atom stereocenters. The largest absolute Gasteiger partial charge is 0.415 e. The van der Waals surface area contributed by atoms with Crippen molar-refractivity contribution in [3.63, 3.8) is 0 Å². The molecule has 8 N–H and O–H groups in total. The number of halogens is 1. The summed E-state index contributed by atoms with van der Waals surface area (Å²) in [5.41, 5.74) is 9.22. The van der Waals surface area contributed by atoms with Gasteiger partial charge in [-0.05, 0) is 98.3 Å². The van der Waals surface area contributed by atoms with E-state index in [-0.39, 0.29) is 42.5 Å². The van der Waals surface area contributed by atoms with Gasteiger partial charge in [0.15, 0.2) is 0 Å². The van der Waals surface area contributed by atoms with E-state index in [2.05, 4.69) is 52.4 Å². The molecule has 4 aromatic carbocycles. The second-order valence-corrected chi connectivity index (χ2v) is 18.1. The molecule has 0 saturated carbocycles. The fraction of sp³-hybridized carbons (Fsp3) is 0.388. The van der Waals surface area contributed by atoms with Crippen LogP contribution in [-0.4, -0.2) is 121 Å². The number of alkyl halides is 1. The monoisotopic (exact) mass is 978 g/mol. The molecule has 0 bridgehead atoms. The Bertz CT molecular complexity index is 2630. The lowest BCUT2D eigenvalue weighted by Crippen LogP contribution is -2.53. The average molecular weight is 980 g/mol. The van der Waals surface area contributed by atoms with E-state index >= 15 is 0 Å². The quantitative estimate of drug-likeness (QED) is 0.0407. The summed E-state index contributed by atoms with van der Waals surface area (Å²) in [6.07, 6.45) is 1.06. The van der Waals surface area contributed by atoms with Crippen LogP contribution < -0.4 is 42.0 Å². The van der Waals surface area contributed by atoms with Crippen LogP contribution in [0.15, 0.2) is 78.9 Å². The van der Waals surface area contributed by atoms with Gasteiger partial charge in [-0.3, -0.25) is 19.2 Å². The zero-order valence-corrected chi connectivity index (χ0v) is 39.8. The third-order valence-electron chi connectivity index (χ3n) is 12.2. The topological polar surface area (TPSA) is 223 Å². The van der Waals surface area contributed by atoms with Crippen LogP contribution in [0.1, 0.15) is 72.4 Å². The van der Waals surface area contributed by atoms with E-state index < -0.39 is 30.1 Å². The van der Waals surface area contributed by atoms with Gasteiger partial charge in [0.05, 0.1) is 11.7 Å². The fourth-order valence-electron chi connectivity index (χ4n) is 8.55. The maximum Gasteiger partial charge on any atom is 0.415 e. The van der Waals surface area contributed by atoms with Crippen molar-refractivity contribution in [3.8, 4) is 5.75 Å².